The summed E-state index contributed by atoms with van der Waals surface area (Å²) in [5, 5.41) is 10.8. The molecule has 1 aromatic carbocycles. The molecule has 0 unspecified atom stereocenters. The highest BCUT2D eigenvalue weighted by Crippen LogP contribution is 2.25. The van der Waals surface area contributed by atoms with Gasteiger partial charge >= 0.3 is 0 Å². The number of rotatable bonds is 5. The lowest BCUT2D eigenvalue weighted by atomic mass is 10.1. The fraction of sp³-hybridized carbons (Fsp3) is 0.500. The Bertz CT molecular complexity index is 435. The van der Waals surface area contributed by atoms with Crippen LogP contribution < -0.4 is 0 Å². The van der Waals surface area contributed by atoms with Crippen molar-refractivity contribution in [2.45, 2.75) is 32.8 Å². The van der Waals surface area contributed by atoms with Crippen LogP contribution in [0.3, 0.4) is 0 Å². The van der Waals surface area contributed by atoms with Gasteiger partial charge in [0.2, 0.25) is 5.91 Å². The van der Waals surface area contributed by atoms with E-state index in [1.165, 1.54) is 0 Å². The third-order valence-electron chi connectivity index (χ3n) is 2.70. The van der Waals surface area contributed by atoms with Gasteiger partial charge in [-0.25, -0.2) is 0 Å². The largest absolute Gasteiger partial charge is 0.389 e. The zero-order valence-electron chi connectivity index (χ0n) is 11.4. The van der Waals surface area contributed by atoms with Crippen molar-refractivity contribution in [2.24, 2.45) is 0 Å². The molecular formula is C14H19Cl2NO2. The highest BCUT2D eigenvalue weighted by molar-refractivity contribution is 6.36. The van der Waals surface area contributed by atoms with E-state index in [2.05, 4.69) is 0 Å². The van der Waals surface area contributed by atoms with Gasteiger partial charge in [0.1, 0.15) is 0 Å². The van der Waals surface area contributed by atoms with Gasteiger partial charge in [-0.2, -0.15) is 0 Å². The fourth-order valence-corrected chi connectivity index (χ4v) is 2.34. The molecule has 1 rings (SSSR count). The highest BCUT2D eigenvalue weighted by atomic mass is 35.5. The minimum absolute atomic E-state index is 0.0976. The third kappa shape index (κ3) is 5.01. The molecule has 1 aromatic rings. The monoisotopic (exact) mass is 303 g/mol. The van der Waals surface area contributed by atoms with E-state index in [0.29, 0.717) is 22.2 Å². The molecule has 5 heteroatoms. The Morgan fingerprint density at radius 3 is 2.26 bits per heavy atom. The molecule has 0 heterocycles. The van der Waals surface area contributed by atoms with E-state index in [1.807, 2.05) is 6.92 Å². The van der Waals surface area contributed by atoms with Crippen molar-refractivity contribution in [1.82, 2.24) is 4.90 Å². The van der Waals surface area contributed by atoms with Crippen LogP contribution in [0.15, 0.2) is 18.2 Å². The number of carbonyl (C=O) groups excluding carboxylic acids is 1. The maximum Gasteiger partial charge on any atom is 0.227 e. The molecule has 1 amide bonds. The van der Waals surface area contributed by atoms with Gasteiger partial charge in [0, 0.05) is 23.1 Å². The van der Waals surface area contributed by atoms with Gasteiger partial charge < -0.3 is 10.0 Å². The smallest absolute Gasteiger partial charge is 0.227 e. The van der Waals surface area contributed by atoms with Crippen LogP contribution >= 0.6 is 23.2 Å². The maximum absolute atomic E-state index is 12.2. The van der Waals surface area contributed by atoms with Crippen molar-refractivity contribution in [2.75, 3.05) is 13.1 Å². The summed E-state index contributed by atoms with van der Waals surface area (Å²) in [5.41, 5.74) is -0.291. The first-order valence-corrected chi connectivity index (χ1v) is 6.93. The Morgan fingerprint density at radius 1 is 1.32 bits per heavy atom. The van der Waals surface area contributed by atoms with Crippen molar-refractivity contribution in [1.29, 1.82) is 0 Å². The second kappa shape index (κ2) is 6.60. The number of aliphatic hydroxyl groups is 1. The molecule has 0 saturated carbocycles. The molecule has 0 atom stereocenters. The molecule has 0 spiro atoms. The van der Waals surface area contributed by atoms with Crippen LogP contribution in [0.4, 0.5) is 0 Å². The van der Waals surface area contributed by atoms with E-state index in [1.54, 1.807) is 36.9 Å². The first-order valence-electron chi connectivity index (χ1n) is 6.17. The van der Waals surface area contributed by atoms with Gasteiger partial charge in [-0.15, -0.1) is 0 Å². The summed E-state index contributed by atoms with van der Waals surface area (Å²) in [4.78, 5) is 13.8. The number of amides is 1. The molecule has 0 saturated heterocycles. The number of halogens is 2. The van der Waals surface area contributed by atoms with E-state index in [4.69, 9.17) is 23.2 Å². The molecule has 0 bridgehead atoms. The summed E-state index contributed by atoms with van der Waals surface area (Å²) in [6, 6.07) is 5.16. The van der Waals surface area contributed by atoms with Crippen molar-refractivity contribution in [3.05, 3.63) is 33.8 Å². The SMILES string of the molecule is CCN(CC(C)(C)O)C(=O)Cc1c(Cl)cccc1Cl. The van der Waals surface area contributed by atoms with Crippen LogP contribution in [0.1, 0.15) is 26.3 Å². The Morgan fingerprint density at radius 2 is 1.84 bits per heavy atom. The molecule has 0 radical (unpaired) electrons. The lowest BCUT2D eigenvalue weighted by molar-refractivity contribution is -0.133. The van der Waals surface area contributed by atoms with Crippen LogP contribution in [0.5, 0.6) is 0 Å². The van der Waals surface area contributed by atoms with Gasteiger partial charge in [0.05, 0.1) is 12.0 Å². The topological polar surface area (TPSA) is 40.5 Å². The molecule has 0 aromatic heterocycles. The summed E-state index contributed by atoms with van der Waals surface area (Å²) >= 11 is 12.1. The normalized spacial score (nSPS) is 11.5. The van der Waals surface area contributed by atoms with Crippen LogP contribution in [-0.4, -0.2) is 34.6 Å². The summed E-state index contributed by atoms with van der Waals surface area (Å²) < 4.78 is 0. The van der Waals surface area contributed by atoms with E-state index < -0.39 is 5.60 Å². The summed E-state index contributed by atoms with van der Waals surface area (Å²) in [6.07, 6.45) is 0.141. The van der Waals surface area contributed by atoms with Gasteiger partial charge in [0.15, 0.2) is 0 Å². The van der Waals surface area contributed by atoms with Crippen molar-refractivity contribution < 1.29 is 9.90 Å². The molecule has 3 nitrogen and oxygen atoms in total. The van der Waals surface area contributed by atoms with Crippen LogP contribution in [0.2, 0.25) is 10.0 Å². The molecule has 0 aliphatic heterocycles. The molecule has 0 aliphatic carbocycles. The van der Waals surface area contributed by atoms with Gasteiger partial charge in [0.25, 0.3) is 0 Å². The van der Waals surface area contributed by atoms with Crippen molar-refractivity contribution in [3.8, 4) is 0 Å². The summed E-state index contributed by atoms with van der Waals surface area (Å²) in [6.45, 7) is 6.03. The molecule has 0 aliphatic rings. The summed E-state index contributed by atoms with van der Waals surface area (Å²) in [7, 11) is 0. The van der Waals surface area contributed by atoms with Gasteiger partial charge in [-0.1, -0.05) is 29.3 Å². The Kier molecular flexibility index (Phi) is 5.65. The van der Waals surface area contributed by atoms with Crippen LogP contribution in [0, 0.1) is 0 Å². The minimum atomic E-state index is -0.921. The highest BCUT2D eigenvalue weighted by Gasteiger charge is 2.22. The first-order chi connectivity index (χ1) is 8.74. The molecule has 0 fully saturated rings. The Hall–Kier alpha value is -0.770. The summed E-state index contributed by atoms with van der Waals surface area (Å²) in [5.74, 6) is -0.0976. The third-order valence-corrected chi connectivity index (χ3v) is 3.41. The number of hydrogen-bond acceptors (Lipinski definition) is 2. The predicted octanol–water partition coefficient (Wildman–Crippen LogP) is 3.16. The average molecular weight is 304 g/mol. The second-order valence-electron chi connectivity index (χ2n) is 5.10. The minimum Gasteiger partial charge on any atom is -0.389 e. The number of nitrogens with zero attached hydrogens (tertiary/aromatic N) is 1. The number of carbonyl (C=O) groups is 1. The Balaban J connectivity index is 2.83. The Labute approximate surface area is 124 Å². The zero-order chi connectivity index (χ0) is 14.6. The molecule has 19 heavy (non-hydrogen) atoms. The van der Waals surface area contributed by atoms with Crippen molar-refractivity contribution in [3.63, 3.8) is 0 Å². The zero-order valence-corrected chi connectivity index (χ0v) is 12.9. The van der Waals surface area contributed by atoms with Crippen molar-refractivity contribution >= 4 is 29.1 Å². The quantitative estimate of drug-likeness (QED) is 0.908. The van der Waals surface area contributed by atoms with E-state index >= 15 is 0 Å². The maximum atomic E-state index is 12.2. The second-order valence-corrected chi connectivity index (χ2v) is 5.91. The lowest BCUT2D eigenvalue weighted by Gasteiger charge is -2.28. The standard InChI is InChI=1S/C14H19Cl2NO2/c1-4-17(9-14(2,3)19)13(18)8-10-11(15)6-5-7-12(10)16/h5-7,19H,4,8-9H2,1-3H3. The van der Waals surface area contributed by atoms with Crippen LogP contribution in [0.25, 0.3) is 0 Å². The number of likely N-dealkylation sites (N-methyl/N-ethyl adjacent to an activating group) is 1. The predicted molar refractivity (Wildman–Crippen MR) is 78.7 cm³/mol. The fourth-order valence-electron chi connectivity index (χ4n) is 1.81. The molecule has 1 N–H and O–H groups in total. The lowest BCUT2D eigenvalue weighted by Crippen LogP contribution is -2.42. The van der Waals surface area contributed by atoms with Gasteiger partial charge in [-0.05, 0) is 38.5 Å². The molecular weight excluding hydrogens is 285 g/mol. The average Bonchev–Trinajstić information content (AvgIpc) is 2.29. The first kappa shape index (κ1) is 16.3. The van der Waals surface area contributed by atoms with Gasteiger partial charge in [-0.3, -0.25) is 4.79 Å². The van der Waals surface area contributed by atoms with E-state index in [-0.39, 0.29) is 18.9 Å². The number of benzene rings is 1. The van der Waals surface area contributed by atoms with E-state index in [9.17, 15) is 9.90 Å². The van der Waals surface area contributed by atoms with Crippen LogP contribution in [-0.2, 0) is 11.2 Å². The van der Waals surface area contributed by atoms with E-state index in [0.717, 1.165) is 0 Å². The number of hydrogen-bond donors (Lipinski definition) is 1. The molecule has 106 valence electrons.